The Labute approximate surface area is 121 Å². The molecule has 0 bridgehead atoms. The van der Waals surface area contributed by atoms with Gasteiger partial charge in [0.1, 0.15) is 5.75 Å². The van der Waals surface area contributed by atoms with Crippen molar-refractivity contribution in [2.24, 2.45) is 11.7 Å². The Hall–Kier alpha value is -1.55. The van der Waals surface area contributed by atoms with E-state index in [1.165, 1.54) is 0 Å². The lowest BCUT2D eigenvalue weighted by Crippen LogP contribution is -2.42. The largest absolute Gasteiger partial charge is 0.494 e. The third-order valence-corrected chi connectivity index (χ3v) is 3.03. The van der Waals surface area contributed by atoms with E-state index < -0.39 is 6.04 Å². The van der Waals surface area contributed by atoms with Gasteiger partial charge < -0.3 is 15.8 Å². The van der Waals surface area contributed by atoms with Crippen LogP contribution < -0.4 is 15.8 Å². The number of rotatable bonds is 8. The second-order valence-electron chi connectivity index (χ2n) is 5.32. The van der Waals surface area contributed by atoms with Crippen LogP contribution in [0.5, 0.6) is 5.75 Å². The van der Waals surface area contributed by atoms with E-state index in [4.69, 9.17) is 10.5 Å². The Balaban J connectivity index is 2.42. The van der Waals surface area contributed by atoms with Gasteiger partial charge in [0, 0.05) is 6.54 Å². The minimum Gasteiger partial charge on any atom is -0.494 e. The lowest BCUT2D eigenvalue weighted by Gasteiger charge is -2.15. The molecule has 0 aliphatic rings. The maximum absolute atomic E-state index is 11.8. The van der Waals surface area contributed by atoms with E-state index in [-0.39, 0.29) is 5.91 Å². The Morgan fingerprint density at radius 1 is 1.35 bits per heavy atom. The maximum Gasteiger partial charge on any atom is 0.236 e. The minimum absolute atomic E-state index is 0.0763. The molecule has 0 aliphatic carbocycles. The summed E-state index contributed by atoms with van der Waals surface area (Å²) >= 11 is 0. The zero-order chi connectivity index (χ0) is 15.0. The number of nitrogens with one attached hydrogen (secondary N) is 1. The number of hydrogen-bond donors (Lipinski definition) is 2. The molecular weight excluding hydrogens is 252 g/mol. The Morgan fingerprint density at radius 2 is 2.05 bits per heavy atom. The van der Waals surface area contributed by atoms with Gasteiger partial charge in [-0.15, -0.1) is 0 Å². The van der Waals surface area contributed by atoms with E-state index >= 15 is 0 Å². The van der Waals surface area contributed by atoms with Crippen molar-refractivity contribution in [2.75, 3.05) is 13.2 Å². The number of hydrogen-bond acceptors (Lipinski definition) is 3. The van der Waals surface area contributed by atoms with Crippen molar-refractivity contribution in [2.45, 2.75) is 39.7 Å². The molecule has 0 spiro atoms. The van der Waals surface area contributed by atoms with Crippen molar-refractivity contribution in [3.63, 3.8) is 0 Å². The van der Waals surface area contributed by atoms with Crippen molar-refractivity contribution < 1.29 is 9.53 Å². The maximum atomic E-state index is 11.8. The molecule has 1 rings (SSSR count). The fraction of sp³-hybridized carbons (Fsp3) is 0.562. The molecule has 20 heavy (non-hydrogen) atoms. The summed E-state index contributed by atoms with van der Waals surface area (Å²) in [5, 5.41) is 2.89. The molecule has 0 fully saturated rings. The molecule has 1 atom stereocenters. The SMILES string of the molecule is CCOc1ccccc1CCNC(=O)[C@@H](N)CC(C)C. The van der Waals surface area contributed by atoms with Gasteiger partial charge in [0.25, 0.3) is 0 Å². The summed E-state index contributed by atoms with van der Waals surface area (Å²) in [6, 6.07) is 7.48. The molecule has 0 aliphatic heterocycles. The first-order valence-corrected chi connectivity index (χ1v) is 7.28. The van der Waals surface area contributed by atoms with E-state index in [0.717, 1.165) is 17.7 Å². The quantitative estimate of drug-likeness (QED) is 0.765. The third kappa shape index (κ3) is 5.61. The summed E-state index contributed by atoms with van der Waals surface area (Å²) in [5.41, 5.74) is 6.94. The number of benzene rings is 1. The van der Waals surface area contributed by atoms with Gasteiger partial charge in [-0.3, -0.25) is 4.79 Å². The summed E-state index contributed by atoms with van der Waals surface area (Å²) in [5.74, 6) is 1.23. The van der Waals surface area contributed by atoms with E-state index in [0.29, 0.717) is 25.5 Å². The Bertz CT molecular complexity index is 419. The summed E-state index contributed by atoms with van der Waals surface area (Å²) in [4.78, 5) is 11.8. The molecule has 0 aromatic heterocycles. The molecule has 0 heterocycles. The molecule has 1 aromatic carbocycles. The van der Waals surface area contributed by atoms with Crippen molar-refractivity contribution in [1.82, 2.24) is 5.32 Å². The highest BCUT2D eigenvalue weighted by atomic mass is 16.5. The summed E-state index contributed by atoms with van der Waals surface area (Å²) in [6.45, 7) is 7.30. The van der Waals surface area contributed by atoms with Gasteiger partial charge in [-0.1, -0.05) is 32.0 Å². The van der Waals surface area contributed by atoms with Crippen LogP contribution in [0.2, 0.25) is 0 Å². The Morgan fingerprint density at radius 3 is 2.70 bits per heavy atom. The topological polar surface area (TPSA) is 64.3 Å². The molecule has 3 N–H and O–H groups in total. The van der Waals surface area contributed by atoms with Crippen LogP contribution in [0.15, 0.2) is 24.3 Å². The number of amides is 1. The first kappa shape index (κ1) is 16.5. The molecule has 0 saturated carbocycles. The minimum atomic E-state index is -0.419. The number of nitrogens with two attached hydrogens (primary N) is 1. The monoisotopic (exact) mass is 278 g/mol. The molecular formula is C16H26N2O2. The molecule has 0 unspecified atom stereocenters. The van der Waals surface area contributed by atoms with Crippen LogP contribution in [-0.4, -0.2) is 25.1 Å². The van der Waals surface area contributed by atoms with Gasteiger partial charge in [0.15, 0.2) is 0 Å². The number of carbonyl (C=O) groups excluding carboxylic acids is 1. The van der Waals surface area contributed by atoms with Crippen LogP contribution in [0.3, 0.4) is 0 Å². The average Bonchev–Trinajstić information content (AvgIpc) is 2.40. The zero-order valence-electron chi connectivity index (χ0n) is 12.7. The third-order valence-electron chi connectivity index (χ3n) is 3.03. The molecule has 112 valence electrons. The smallest absolute Gasteiger partial charge is 0.236 e. The first-order valence-electron chi connectivity index (χ1n) is 7.28. The van der Waals surface area contributed by atoms with E-state index in [1.807, 2.05) is 31.2 Å². The van der Waals surface area contributed by atoms with Gasteiger partial charge in [0.2, 0.25) is 5.91 Å². The van der Waals surface area contributed by atoms with Crippen LogP contribution in [0, 0.1) is 5.92 Å². The molecule has 0 radical (unpaired) electrons. The lowest BCUT2D eigenvalue weighted by atomic mass is 10.0. The summed E-state index contributed by atoms with van der Waals surface area (Å²) < 4.78 is 5.56. The highest BCUT2D eigenvalue weighted by Crippen LogP contribution is 2.18. The van der Waals surface area contributed by atoms with Crippen LogP contribution in [0.25, 0.3) is 0 Å². The lowest BCUT2D eigenvalue weighted by molar-refractivity contribution is -0.122. The second-order valence-corrected chi connectivity index (χ2v) is 5.32. The highest BCUT2D eigenvalue weighted by molar-refractivity contribution is 5.81. The first-order chi connectivity index (χ1) is 9.54. The van der Waals surface area contributed by atoms with E-state index in [9.17, 15) is 4.79 Å². The zero-order valence-corrected chi connectivity index (χ0v) is 12.7. The van der Waals surface area contributed by atoms with Crippen LogP contribution in [0.1, 0.15) is 32.8 Å². The number of ether oxygens (including phenoxy) is 1. The summed E-state index contributed by atoms with van der Waals surface area (Å²) in [6.07, 6.45) is 1.46. The van der Waals surface area contributed by atoms with Crippen molar-refractivity contribution in [1.29, 1.82) is 0 Å². The second kappa shape index (κ2) is 8.59. The van der Waals surface area contributed by atoms with E-state index in [2.05, 4.69) is 19.2 Å². The van der Waals surface area contributed by atoms with Gasteiger partial charge in [0.05, 0.1) is 12.6 Å². The fourth-order valence-electron chi connectivity index (χ4n) is 2.07. The molecule has 1 aromatic rings. The number of para-hydroxylation sites is 1. The predicted octanol–water partition coefficient (Wildman–Crippen LogP) is 2.12. The Kier molecular flexibility index (Phi) is 7.09. The molecule has 0 saturated heterocycles. The fourth-order valence-corrected chi connectivity index (χ4v) is 2.07. The van der Waals surface area contributed by atoms with Gasteiger partial charge in [-0.25, -0.2) is 0 Å². The van der Waals surface area contributed by atoms with Crippen molar-refractivity contribution in [3.05, 3.63) is 29.8 Å². The summed E-state index contributed by atoms with van der Waals surface area (Å²) in [7, 11) is 0. The van der Waals surface area contributed by atoms with Gasteiger partial charge in [-0.2, -0.15) is 0 Å². The van der Waals surface area contributed by atoms with Crippen molar-refractivity contribution in [3.8, 4) is 5.75 Å². The van der Waals surface area contributed by atoms with Crippen LogP contribution in [0.4, 0.5) is 0 Å². The predicted molar refractivity (Wildman–Crippen MR) is 81.8 cm³/mol. The van der Waals surface area contributed by atoms with Crippen LogP contribution in [-0.2, 0) is 11.2 Å². The van der Waals surface area contributed by atoms with Gasteiger partial charge in [-0.05, 0) is 37.3 Å². The van der Waals surface area contributed by atoms with Crippen molar-refractivity contribution >= 4 is 5.91 Å². The molecule has 4 nitrogen and oxygen atoms in total. The molecule has 4 heteroatoms. The molecule has 1 amide bonds. The highest BCUT2D eigenvalue weighted by Gasteiger charge is 2.14. The van der Waals surface area contributed by atoms with E-state index in [1.54, 1.807) is 0 Å². The normalized spacial score (nSPS) is 12.2. The average molecular weight is 278 g/mol. The number of carbonyl (C=O) groups is 1. The standard InChI is InChI=1S/C16H26N2O2/c1-4-20-15-8-6-5-7-13(15)9-10-18-16(19)14(17)11-12(2)3/h5-8,12,14H,4,9-11,17H2,1-3H3,(H,18,19)/t14-/m0/s1. The van der Waals surface area contributed by atoms with Crippen LogP contribution >= 0.6 is 0 Å². The van der Waals surface area contributed by atoms with Gasteiger partial charge >= 0.3 is 0 Å².